The summed E-state index contributed by atoms with van der Waals surface area (Å²) in [6.07, 6.45) is 2.07. The standard InChI is InChI=1S/C9H18N4/c1-11-3-5-13(6-4-11)9-7-10-12(2)8-9/h7,9H,3-6,8H2,1-2H3. The molecule has 2 aliphatic rings. The van der Waals surface area contributed by atoms with Crippen LogP contribution in [0.15, 0.2) is 5.10 Å². The second-order valence-electron chi connectivity index (χ2n) is 4.01. The fourth-order valence-electron chi connectivity index (χ4n) is 1.92. The first-order valence-corrected chi connectivity index (χ1v) is 4.93. The van der Waals surface area contributed by atoms with Gasteiger partial charge in [-0.1, -0.05) is 0 Å². The summed E-state index contributed by atoms with van der Waals surface area (Å²) in [5.41, 5.74) is 0. The van der Waals surface area contributed by atoms with Gasteiger partial charge >= 0.3 is 0 Å². The SMILES string of the molecule is CN1CCN(C2C=NN(C)C2)CC1. The third-order valence-electron chi connectivity index (χ3n) is 2.89. The van der Waals surface area contributed by atoms with E-state index in [1.807, 2.05) is 12.1 Å². The van der Waals surface area contributed by atoms with Gasteiger partial charge in [0, 0.05) is 39.4 Å². The molecule has 2 aliphatic heterocycles. The number of nitrogens with zero attached hydrogens (tertiary/aromatic N) is 4. The molecule has 2 rings (SSSR count). The van der Waals surface area contributed by atoms with Gasteiger partial charge in [0.05, 0.1) is 12.6 Å². The molecular weight excluding hydrogens is 164 g/mol. The zero-order valence-corrected chi connectivity index (χ0v) is 8.48. The zero-order chi connectivity index (χ0) is 9.26. The van der Waals surface area contributed by atoms with E-state index in [0.29, 0.717) is 6.04 Å². The topological polar surface area (TPSA) is 22.1 Å². The Morgan fingerprint density at radius 3 is 2.38 bits per heavy atom. The van der Waals surface area contributed by atoms with E-state index < -0.39 is 0 Å². The summed E-state index contributed by atoms with van der Waals surface area (Å²) in [7, 11) is 4.22. The van der Waals surface area contributed by atoms with Crippen LogP contribution in [0.5, 0.6) is 0 Å². The molecule has 0 saturated carbocycles. The van der Waals surface area contributed by atoms with Crippen molar-refractivity contribution < 1.29 is 0 Å². The van der Waals surface area contributed by atoms with Crippen molar-refractivity contribution in [1.29, 1.82) is 0 Å². The molecule has 2 heterocycles. The minimum absolute atomic E-state index is 0.554. The summed E-state index contributed by atoms with van der Waals surface area (Å²) in [5.74, 6) is 0. The third-order valence-corrected chi connectivity index (χ3v) is 2.89. The second kappa shape index (κ2) is 3.64. The van der Waals surface area contributed by atoms with Gasteiger partial charge in [-0.25, -0.2) is 0 Å². The van der Waals surface area contributed by atoms with Crippen molar-refractivity contribution in [1.82, 2.24) is 14.8 Å². The van der Waals surface area contributed by atoms with E-state index in [-0.39, 0.29) is 0 Å². The van der Waals surface area contributed by atoms with Gasteiger partial charge in [-0.2, -0.15) is 5.10 Å². The third kappa shape index (κ3) is 2.00. The van der Waals surface area contributed by atoms with Crippen molar-refractivity contribution in [3.05, 3.63) is 0 Å². The molecule has 0 aromatic carbocycles. The summed E-state index contributed by atoms with van der Waals surface area (Å²) in [6.45, 7) is 5.80. The Balaban J connectivity index is 1.85. The van der Waals surface area contributed by atoms with Gasteiger partial charge in [-0.3, -0.25) is 9.91 Å². The average Bonchev–Trinajstić information content (AvgIpc) is 2.53. The van der Waals surface area contributed by atoms with Crippen molar-refractivity contribution in [2.75, 3.05) is 46.8 Å². The van der Waals surface area contributed by atoms with E-state index >= 15 is 0 Å². The van der Waals surface area contributed by atoms with Gasteiger partial charge in [0.25, 0.3) is 0 Å². The minimum atomic E-state index is 0.554. The normalized spacial score (nSPS) is 31.5. The second-order valence-corrected chi connectivity index (χ2v) is 4.01. The van der Waals surface area contributed by atoms with E-state index in [1.54, 1.807) is 0 Å². The molecule has 74 valence electrons. The van der Waals surface area contributed by atoms with Gasteiger partial charge in [0.15, 0.2) is 0 Å². The van der Waals surface area contributed by atoms with Gasteiger partial charge in [0.1, 0.15) is 0 Å². The number of hydrazone groups is 1. The van der Waals surface area contributed by atoms with Crippen molar-refractivity contribution >= 4 is 6.21 Å². The molecule has 0 aromatic heterocycles. The maximum Gasteiger partial charge on any atom is 0.0663 e. The van der Waals surface area contributed by atoms with Crippen molar-refractivity contribution in [2.24, 2.45) is 5.10 Å². The fraction of sp³-hybridized carbons (Fsp3) is 0.889. The van der Waals surface area contributed by atoms with Crippen LogP contribution in [0.3, 0.4) is 0 Å². The molecule has 0 bridgehead atoms. The number of likely N-dealkylation sites (N-methyl/N-ethyl adjacent to an activating group) is 2. The highest BCUT2D eigenvalue weighted by molar-refractivity contribution is 5.66. The lowest BCUT2D eigenvalue weighted by Crippen LogP contribution is -2.50. The first kappa shape index (κ1) is 8.97. The molecule has 0 amide bonds. The Bertz CT molecular complexity index is 196. The van der Waals surface area contributed by atoms with Gasteiger partial charge in [-0.15, -0.1) is 0 Å². The van der Waals surface area contributed by atoms with E-state index in [9.17, 15) is 0 Å². The van der Waals surface area contributed by atoms with Crippen LogP contribution in [-0.4, -0.2) is 73.9 Å². The van der Waals surface area contributed by atoms with Crippen LogP contribution in [-0.2, 0) is 0 Å². The Morgan fingerprint density at radius 1 is 1.15 bits per heavy atom. The van der Waals surface area contributed by atoms with Gasteiger partial charge in [0.2, 0.25) is 0 Å². The first-order valence-electron chi connectivity index (χ1n) is 4.93. The first-order chi connectivity index (χ1) is 6.25. The molecule has 1 fully saturated rings. The maximum absolute atomic E-state index is 4.26. The molecule has 13 heavy (non-hydrogen) atoms. The lowest BCUT2D eigenvalue weighted by molar-refractivity contribution is 0.130. The Hall–Kier alpha value is -0.610. The quantitative estimate of drug-likeness (QED) is 0.547. The van der Waals surface area contributed by atoms with Crippen molar-refractivity contribution in [3.63, 3.8) is 0 Å². The van der Waals surface area contributed by atoms with Crippen LogP contribution >= 0.6 is 0 Å². The minimum Gasteiger partial charge on any atom is -0.304 e. The zero-order valence-electron chi connectivity index (χ0n) is 8.48. The smallest absolute Gasteiger partial charge is 0.0663 e. The van der Waals surface area contributed by atoms with Crippen LogP contribution in [0, 0.1) is 0 Å². The average molecular weight is 182 g/mol. The summed E-state index contributed by atoms with van der Waals surface area (Å²) in [4.78, 5) is 4.90. The molecule has 0 aromatic rings. The number of piperazine rings is 1. The molecule has 1 saturated heterocycles. The van der Waals surface area contributed by atoms with Crippen LogP contribution in [0.25, 0.3) is 0 Å². The van der Waals surface area contributed by atoms with E-state index in [4.69, 9.17) is 0 Å². The predicted octanol–water partition coefficient (Wildman–Crippen LogP) is -0.466. The lowest BCUT2D eigenvalue weighted by Gasteiger charge is -2.35. The molecule has 0 aliphatic carbocycles. The molecule has 4 nitrogen and oxygen atoms in total. The molecular formula is C9H18N4. The van der Waals surface area contributed by atoms with Crippen molar-refractivity contribution in [2.45, 2.75) is 6.04 Å². The number of hydrogen-bond donors (Lipinski definition) is 0. The Labute approximate surface area is 79.8 Å². The van der Waals surface area contributed by atoms with Crippen LogP contribution < -0.4 is 0 Å². The molecule has 4 heteroatoms. The van der Waals surface area contributed by atoms with E-state index in [0.717, 1.165) is 6.54 Å². The predicted molar refractivity (Wildman–Crippen MR) is 54.0 cm³/mol. The fourth-order valence-corrected chi connectivity index (χ4v) is 1.92. The summed E-state index contributed by atoms with van der Waals surface area (Å²) in [5, 5.41) is 6.28. The lowest BCUT2D eigenvalue weighted by atomic mass is 10.2. The maximum atomic E-state index is 4.26. The number of rotatable bonds is 1. The van der Waals surface area contributed by atoms with Crippen LogP contribution in [0.4, 0.5) is 0 Å². The highest BCUT2D eigenvalue weighted by atomic mass is 15.5. The number of hydrogen-bond acceptors (Lipinski definition) is 4. The largest absolute Gasteiger partial charge is 0.304 e. The van der Waals surface area contributed by atoms with Crippen LogP contribution in [0.2, 0.25) is 0 Å². The van der Waals surface area contributed by atoms with Crippen molar-refractivity contribution in [3.8, 4) is 0 Å². The van der Waals surface area contributed by atoms with E-state index in [2.05, 4.69) is 28.2 Å². The molecule has 0 radical (unpaired) electrons. The van der Waals surface area contributed by atoms with Crippen LogP contribution in [0.1, 0.15) is 0 Å². The molecule has 1 unspecified atom stereocenters. The Morgan fingerprint density at radius 2 is 1.85 bits per heavy atom. The van der Waals surface area contributed by atoms with Gasteiger partial charge in [-0.05, 0) is 7.05 Å². The molecule has 0 spiro atoms. The highest BCUT2D eigenvalue weighted by Crippen LogP contribution is 2.09. The summed E-state index contributed by atoms with van der Waals surface area (Å²) >= 11 is 0. The molecule has 1 atom stereocenters. The monoisotopic (exact) mass is 182 g/mol. The van der Waals surface area contributed by atoms with E-state index in [1.165, 1.54) is 26.2 Å². The summed E-state index contributed by atoms with van der Waals surface area (Å²) in [6, 6.07) is 0.554. The summed E-state index contributed by atoms with van der Waals surface area (Å²) < 4.78 is 0. The molecule has 0 N–H and O–H groups in total. The Kier molecular flexibility index (Phi) is 2.51. The highest BCUT2D eigenvalue weighted by Gasteiger charge is 2.24. The van der Waals surface area contributed by atoms with Gasteiger partial charge < -0.3 is 4.90 Å².